The maximum atomic E-state index is 11.9. The smallest absolute Gasteiger partial charge is 0.269 e. The number of nitro groups is 1. The van der Waals surface area contributed by atoms with Crippen molar-refractivity contribution in [3.05, 3.63) is 94.3 Å². The molecule has 3 aromatic rings. The third-order valence-corrected chi connectivity index (χ3v) is 4.85. The number of nitrogens with one attached hydrogen (secondary N) is 1. The predicted molar refractivity (Wildman–Crippen MR) is 111 cm³/mol. The largest absolute Gasteiger partial charge is 0.316 e. The number of hydrogen-bond donors (Lipinski definition) is 1. The standard InChI is InChI=1S/C20H18N4O3S/c25-20(15-28-14-16-5-2-1-3-6-16)22-21-13-19-7-4-12-23(19)17-8-10-18(11-9-17)24(26)27/h1-13H,14-15H2,(H,22,25)/b21-13+. The Morgan fingerprint density at radius 2 is 1.86 bits per heavy atom. The molecule has 0 saturated heterocycles. The van der Waals surface area contributed by atoms with Gasteiger partial charge in [-0.1, -0.05) is 30.3 Å². The topological polar surface area (TPSA) is 89.5 Å². The van der Waals surface area contributed by atoms with Gasteiger partial charge in [0.05, 0.1) is 22.6 Å². The average molecular weight is 394 g/mol. The van der Waals surface area contributed by atoms with Gasteiger partial charge in [-0.15, -0.1) is 11.8 Å². The van der Waals surface area contributed by atoms with Gasteiger partial charge in [0.1, 0.15) is 0 Å². The molecule has 28 heavy (non-hydrogen) atoms. The predicted octanol–water partition coefficient (Wildman–Crippen LogP) is 3.77. The summed E-state index contributed by atoms with van der Waals surface area (Å²) < 4.78 is 1.82. The van der Waals surface area contributed by atoms with Gasteiger partial charge in [0.15, 0.2) is 0 Å². The van der Waals surface area contributed by atoms with Gasteiger partial charge in [-0.2, -0.15) is 5.10 Å². The Morgan fingerprint density at radius 3 is 2.57 bits per heavy atom. The molecule has 0 atom stereocenters. The van der Waals surface area contributed by atoms with Crippen molar-refractivity contribution in [1.82, 2.24) is 9.99 Å². The number of aromatic nitrogens is 1. The van der Waals surface area contributed by atoms with E-state index in [0.29, 0.717) is 5.75 Å². The fourth-order valence-electron chi connectivity index (χ4n) is 2.51. The van der Waals surface area contributed by atoms with Crippen molar-refractivity contribution in [1.29, 1.82) is 0 Å². The van der Waals surface area contributed by atoms with Gasteiger partial charge in [-0.05, 0) is 29.8 Å². The highest BCUT2D eigenvalue weighted by Gasteiger charge is 2.07. The van der Waals surface area contributed by atoms with Crippen LogP contribution in [0, 0.1) is 10.1 Å². The fraction of sp³-hybridized carbons (Fsp3) is 0.100. The number of nitrogens with zero attached hydrogens (tertiary/aromatic N) is 3. The summed E-state index contributed by atoms with van der Waals surface area (Å²) in [5, 5.41) is 14.8. The zero-order chi connectivity index (χ0) is 19.8. The van der Waals surface area contributed by atoms with Gasteiger partial charge >= 0.3 is 0 Å². The molecule has 7 nitrogen and oxygen atoms in total. The number of benzene rings is 2. The molecule has 0 fully saturated rings. The van der Waals surface area contributed by atoms with E-state index in [9.17, 15) is 14.9 Å². The number of hydrazone groups is 1. The third-order valence-electron chi connectivity index (χ3n) is 3.85. The SMILES string of the molecule is O=C(CSCc1ccccc1)N/N=C/c1cccn1-c1ccc([N+](=O)[O-])cc1. The highest BCUT2D eigenvalue weighted by molar-refractivity contribution is 7.99. The van der Waals surface area contributed by atoms with Crippen LogP contribution in [0.25, 0.3) is 5.69 Å². The molecule has 3 rings (SSSR count). The average Bonchev–Trinajstić information content (AvgIpc) is 3.17. The lowest BCUT2D eigenvalue weighted by Gasteiger charge is -2.06. The van der Waals surface area contributed by atoms with Gasteiger partial charge in [0.25, 0.3) is 5.69 Å². The van der Waals surface area contributed by atoms with Crippen LogP contribution in [0.1, 0.15) is 11.3 Å². The van der Waals surface area contributed by atoms with E-state index in [-0.39, 0.29) is 11.6 Å². The summed E-state index contributed by atoms with van der Waals surface area (Å²) in [7, 11) is 0. The van der Waals surface area contributed by atoms with Crippen molar-refractivity contribution in [2.75, 3.05) is 5.75 Å². The number of carbonyl (C=O) groups is 1. The Bertz CT molecular complexity index is 969. The molecule has 8 heteroatoms. The summed E-state index contributed by atoms with van der Waals surface area (Å²) >= 11 is 1.52. The number of rotatable bonds is 8. The van der Waals surface area contributed by atoms with E-state index < -0.39 is 4.92 Å². The zero-order valence-electron chi connectivity index (χ0n) is 14.9. The van der Waals surface area contributed by atoms with Crippen LogP contribution in [0.3, 0.4) is 0 Å². The molecule has 1 aromatic heterocycles. The van der Waals surface area contributed by atoms with E-state index in [1.807, 2.05) is 53.2 Å². The van der Waals surface area contributed by atoms with Crippen molar-refractivity contribution in [3.8, 4) is 5.69 Å². The molecule has 142 valence electrons. The molecule has 0 aliphatic heterocycles. The quantitative estimate of drug-likeness (QED) is 0.358. The molecule has 0 spiro atoms. The molecule has 0 aliphatic carbocycles. The Balaban J connectivity index is 1.53. The summed E-state index contributed by atoms with van der Waals surface area (Å²) in [6.07, 6.45) is 3.36. The minimum atomic E-state index is -0.437. The first kappa shape index (κ1) is 19.4. The number of nitro benzene ring substituents is 1. The third kappa shape index (κ3) is 5.31. The Kier molecular flexibility index (Phi) is 6.59. The molecule has 0 radical (unpaired) electrons. The minimum absolute atomic E-state index is 0.0337. The van der Waals surface area contributed by atoms with Crippen LogP contribution in [0.2, 0.25) is 0 Å². The van der Waals surface area contributed by atoms with Gasteiger partial charge in [0.2, 0.25) is 5.91 Å². The van der Waals surface area contributed by atoms with E-state index in [0.717, 1.165) is 17.1 Å². The van der Waals surface area contributed by atoms with Crippen LogP contribution in [-0.2, 0) is 10.5 Å². The maximum absolute atomic E-state index is 11.9. The number of non-ortho nitro benzene ring substituents is 1. The van der Waals surface area contributed by atoms with Crippen molar-refractivity contribution in [2.24, 2.45) is 5.10 Å². The van der Waals surface area contributed by atoms with E-state index in [1.165, 1.54) is 29.5 Å². The first-order valence-electron chi connectivity index (χ1n) is 8.49. The summed E-state index contributed by atoms with van der Waals surface area (Å²) in [6, 6.07) is 19.8. The molecule has 0 unspecified atom stereocenters. The molecule has 1 heterocycles. The van der Waals surface area contributed by atoms with Gasteiger partial charge in [-0.25, -0.2) is 5.43 Å². The van der Waals surface area contributed by atoms with Gasteiger partial charge < -0.3 is 4.57 Å². The van der Waals surface area contributed by atoms with Gasteiger partial charge in [-0.3, -0.25) is 14.9 Å². The summed E-state index contributed by atoms with van der Waals surface area (Å²) in [5.74, 6) is 0.905. The first-order chi connectivity index (χ1) is 13.6. The molecule has 2 aromatic carbocycles. The van der Waals surface area contributed by atoms with Crippen molar-refractivity contribution < 1.29 is 9.72 Å². The number of thioether (sulfide) groups is 1. The molecule has 0 aliphatic rings. The van der Waals surface area contributed by atoms with Crippen LogP contribution in [0.15, 0.2) is 78.0 Å². The molecular weight excluding hydrogens is 376 g/mol. The lowest BCUT2D eigenvalue weighted by molar-refractivity contribution is -0.384. The van der Waals surface area contributed by atoms with Gasteiger partial charge in [0, 0.05) is 29.8 Å². The monoisotopic (exact) mass is 394 g/mol. The van der Waals surface area contributed by atoms with E-state index in [1.54, 1.807) is 18.3 Å². The highest BCUT2D eigenvalue weighted by atomic mass is 32.2. The van der Waals surface area contributed by atoms with E-state index >= 15 is 0 Å². The maximum Gasteiger partial charge on any atom is 0.269 e. The highest BCUT2D eigenvalue weighted by Crippen LogP contribution is 2.17. The molecule has 0 bridgehead atoms. The second-order valence-electron chi connectivity index (χ2n) is 5.85. The number of carbonyl (C=O) groups excluding carboxylic acids is 1. The summed E-state index contributed by atoms with van der Waals surface area (Å²) in [4.78, 5) is 22.2. The lowest BCUT2D eigenvalue weighted by atomic mass is 10.2. The van der Waals surface area contributed by atoms with Crippen LogP contribution < -0.4 is 5.43 Å². The van der Waals surface area contributed by atoms with Crippen LogP contribution in [-0.4, -0.2) is 27.4 Å². The van der Waals surface area contributed by atoms with Crippen molar-refractivity contribution in [2.45, 2.75) is 5.75 Å². The van der Waals surface area contributed by atoms with Crippen molar-refractivity contribution >= 4 is 29.6 Å². The number of amides is 1. The minimum Gasteiger partial charge on any atom is -0.316 e. The second kappa shape index (κ2) is 9.52. The Labute approximate surface area is 166 Å². The van der Waals surface area contributed by atoms with E-state index in [4.69, 9.17) is 0 Å². The zero-order valence-corrected chi connectivity index (χ0v) is 15.7. The number of hydrogen-bond acceptors (Lipinski definition) is 5. The summed E-state index contributed by atoms with van der Waals surface area (Å²) in [5.41, 5.74) is 5.23. The second-order valence-corrected chi connectivity index (χ2v) is 6.83. The Hall–Kier alpha value is -3.39. The molecule has 1 N–H and O–H groups in total. The Morgan fingerprint density at radius 1 is 1.11 bits per heavy atom. The lowest BCUT2D eigenvalue weighted by Crippen LogP contribution is -2.20. The van der Waals surface area contributed by atoms with Crippen LogP contribution in [0.4, 0.5) is 5.69 Å². The summed E-state index contributed by atoms with van der Waals surface area (Å²) in [6.45, 7) is 0. The molecular formula is C20H18N4O3S. The molecule has 1 amide bonds. The van der Waals surface area contributed by atoms with Crippen molar-refractivity contribution in [3.63, 3.8) is 0 Å². The van der Waals surface area contributed by atoms with Crippen LogP contribution in [0.5, 0.6) is 0 Å². The first-order valence-corrected chi connectivity index (χ1v) is 9.65. The normalized spacial score (nSPS) is 10.9. The van der Waals surface area contributed by atoms with E-state index in [2.05, 4.69) is 10.5 Å². The van der Waals surface area contributed by atoms with Crippen LogP contribution >= 0.6 is 11.8 Å². The fourth-order valence-corrected chi connectivity index (χ4v) is 3.29. The molecule has 0 saturated carbocycles.